The van der Waals surface area contributed by atoms with Crippen LogP contribution in [0.4, 0.5) is 11.4 Å². The van der Waals surface area contributed by atoms with Gasteiger partial charge in [-0.2, -0.15) is 0 Å². The highest BCUT2D eigenvalue weighted by Crippen LogP contribution is 2.32. The second-order valence-corrected chi connectivity index (χ2v) is 10.1. The van der Waals surface area contributed by atoms with Crippen molar-refractivity contribution in [1.29, 1.82) is 0 Å². The van der Waals surface area contributed by atoms with Crippen molar-refractivity contribution >= 4 is 23.2 Å². The van der Waals surface area contributed by atoms with Gasteiger partial charge < -0.3 is 10.2 Å². The molecule has 4 aromatic rings. The third kappa shape index (κ3) is 4.85. The molecule has 2 aliphatic heterocycles. The van der Waals surface area contributed by atoms with Crippen molar-refractivity contribution in [3.05, 3.63) is 120 Å². The first-order chi connectivity index (χ1) is 18.7. The Morgan fingerprint density at radius 3 is 2.34 bits per heavy atom. The van der Waals surface area contributed by atoms with Gasteiger partial charge in [-0.05, 0) is 72.5 Å². The Balaban J connectivity index is 1.22. The summed E-state index contributed by atoms with van der Waals surface area (Å²) in [5.41, 5.74) is 5.96. The first-order valence-electron chi connectivity index (χ1n) is 13.4. The summed E-state index contributed by atoms with van der Waals surface area (Å²) in [6, 6.07) is 33.4. The number of benzene rings is 4. The van der Waals surface area contributed by atoms with E-state index in [-0.39, 0.29) is 11.8 Å². The van der Waals surface area contributed by atoms with E-state index in [2.05, 4.69) is 28.4 Å². The Bertz CT molecular complexity index is 1450. The Hall–Kier alpha value is -4.22. The number of nitrogens with zero attached hydrogens (tertiary/aromatic N) is 2. The molecule has 0 saturated carbocycles. The van der Waals surface area contributed by atoms with Gasteiger partial charge in [0.25, 0.3) is 11.8 Å². The molecule has 1 unspecified atom stereocenters. The second kappa shape index (κ2) is 10.6. The molecule has 2 amide bonds. The molecule has 1 fully saturated rings. The molecule has 0 radical (unpaired) electrons. The Labute approximate surface area is 223 Å². The van der Waals surface area contributed by atoms with Gasteiger partial charge in [0.2, 0.25) is 0 Å². The monoisotopic (exact) mass is 501 g/mol. The summed E-state index contributed by atoms with van der Waals surface area (Å²) >= 11 is 0. The summed E-state index contributed by atoms with van der Waals surface area (Å²) in [7, 11) is 0. The standard InChI is InChI=1S/C33H31N3O2/c37-32(30-15-6-5-14-29(30)24-10-2-1-3-11-24)34-27-19-17-25(18-20-27)33(38)36-23-28-13-8-9-21-35(28)22-26-12-4-7-16-31(26)36/h1-7,10-12,14-20,28H,8-9,13,21-23H2,(H,34,37). The number of amides is 2. The zero-order chi connectivity index (χ0) is 25.9. The maximum absolute atomic E-state index is 13.8. The van der Waals surface area contributed by atoms with Crippen molar-refractivity contribution in [2.75, 3.05) is 23.3 Å². The molecule has 2 heterocycles. The number of anilines is 2. The number of carbonyl (C=O) groups is 2. The van der Waals surface area contributed by atoms with Crippen LogP contribution >= 0.6 is 0 Å². The van der Waals surface area contributed by atoms with Crippen LogP contribution in [-0.4, -0.2) is 35.8 Å². The molecule has 2 aliphatic rings. The zero-order valence-corrected chi connectivity index (χ0v) is 21.3. The first-order valence-corrected chi connectivity index (χ1v) is 13.4. The molecule has 6 rings (SSSR count). The maximum atomic E-state index is 13.8. The van der Waals surface area contributed by atoms with Gasteiger partial charge in [0, 0.05) is 41.6 Å². The fourth-order valence-electron chi connectivity index (χ4n) is 5.70. The topological polar surface area (TPSA) is 52.7 Å². The minimum Gasteiger partial charge on any atom is -0.322 e. The fraction of sp³-hybridized carbons (Fsp3) is 0.212. The van der Waals surface area contributed by atoms with Gasteiger partial charge in [0.15, 0.2) is 0 Å². The second-order valence-electron chi connectivity index (χ2n) is 10.1. The highest BCUT2D eigenvalue weighted by molar-refractivity contribution is 6.09. The highest BCUT2D eigenvalue weighted by atomic mass is 16.2. The van der Waals surface area contributed by atoms with E-state index >= 15 is 0 Å². The van der Waals surface area contributed by atoms with Crippen LogP contribution in [0.2, 0.25) is 0 Å². The summed E-state index contributed by atoms with van der Waals surface area (Å²) in [6.45, 7) is 2.67. The van der Waals surface area contributed by atoms with Crippen LogP contribution in [0.3, 0.4) is 0 Å². The smallest absolute Gasteiger partial charge is 0.258 e. The number of hydrogen-bond acceptors (Lipinski definition) is 3. The number of fused-ring (bicyclic) bond motifs is 2. The summed E-state index contributed by atoms with van der Waals surface area (Å²) < 4.78 is 0. The SMILES string of the molecule is O=C(Nc1ccc(C(=O)N2CC3CCCCN3Cc3ccccc32)cc1)c1ccccc1-c1ccccc1. The summed E-state index contributed by atoms with van der Waals surface area (Å²) in [5, 5.41) is 3.01. The van der Waals surface area contributed by atoms with Crippen molar-refractivity contribution in [3.8, 4) is 11.1 Å². The average Bonchev–Trinajstić information content (AvgIpc) is 3.14. The lowest BCUT2D eigenvalue weighted by Crippen LogP contribution is -2.45. The van der Waals surface area contributed by atoms with E-state index in [9.17, 15) is 9.59 Å². The molecular formula is C33H31N3O2. The molecular weight excluding hydrogens is 470 g/mol. The third-order valence-corrected chi connectivity index (χ3v) is 7.69. The molecule has 5 heteroatoms. The molecule has 38 heavy (non-hydrogen) atoms. The maximum Gasteiger partial charge on any atom is 0.258 e. The molecule has 0 bridgehead atoms. The van der Waals surface area contributed by atoms with Crippen LogP contribution in [0.15, 0.2) is 103 Å². The minimum atomic E-state index is -0.178. The van der Waals surface area contributed by atoms with Gasteiger partial charge in [0.05, 0.1) is 0 Å². The summed E-state index contributed by atoms with van der Waals surface area (Å²) in [4.78, 5) is 31.4. The third-order valence-electron chi connectivity index (χ3n) is 7.69. The lowest BCUT2D eigenvalue weighted by Gasteiger charge is -2.35. The molecule has 1 saturated heterocycles. The number of rotatable bonds is 4. The van der Waals surface area contributed by atoms with E-state index < -0.39 is 0 Å². The van der Waals surface area contributed by atoms with Gasteiger partial charge in [-0.1, -0.05) is 73.2 Å². The van der Waals surface area contributed by atoms with Crippen molar-refractivity contribution in [2.45, 2.75) is 31.8 Å². The summed E-state index contributed by atoms with van der Waals surface area (Å²) in [6.07, 6.45) is 3.55. The van der Waals surface area contributed by atoms with Crippen molar-refractivity contribution in [2.24, 2.45) is 0 Å². The molecule has 5 nitrogen and oxygen atoms in total. The van der Waals surface area contributed by atoms with Gasteiger partial charge >= 0.3 is 0 Å². The largest absolute Gasteiger partial charge is 0.322 e. The average molecular weight is 502 g/mol. The predicted molar refractivity (Wildman–Crippen MR) is 152 cm³/mol. The van der Waals surface area contributed by atoms with Crippen LogP contribution in [-0.2, 0) is 6.54 Å². The number of carbonyl (C=O) groups excluding carboxylic acids is 2. The minimum absolute atomic E-state index is 0.00262. The van der Waals surface area contributed by atoms with Crippen molar-refractivity contribution < 1.29 is 9.59 Å². The quantitative estimate of drug-likeness (QED) is 0.342. The Kier molecular flexibility index (Phi) is 6.76. The van der Waals surface area contributed by atoms with E-state index in [1.165, 1.54) is 18.4 Å². The molecule has 0 spiro atoms. The van der Waals surface area contributed by atoms with Gasteiger partial charge in [-0.3, -0.25) is 14.5 Å². The normalized spacial score (nSPS) is 17.2. The zero-order valence-electron chi connectivity index (χ0n) is 21.3. The van der Waals surface area contributed by atoms with E-state index in [4.69, 9.17) is 0 Å². The van der Waals surface area contributed by atoms with Gasteiger partial charge in [-0.25, -0.2) is 0 Å². The number of piperidine rings is 1. The Morgan fingerprint density at radius 1 is 0.763 bits per heavy atom. The molecule has 1 N–H and O–H groups in total. The predicted octanol–water partition coefficient (Wildman–Crippen LogP) is 6.62. The first kappa shape index (κ1) is 24.1. The van der Waals surface area contributed by atoms with Crippen LogP contribution in [0, 0.1) is 0 Å². The van der Waals surface area contributed by atoms with Crippen LogP contribution in [0.5, 0.6) is 0 Å². The molecule has 4 aromatic carbocycles. The van der Waals surface area contributed by atoms with Crippen LogP contribution in [0.25, 0.3) is 11.1 Å². The number of hydrogen-bond donors (Lipinski definition) is 1. The molecule has 190 valence electrons. The lowest BCUT2D eigenvalue weighted by molar-refractivity contribution is 0.0965. The fourth-order valence-corrected chi connectivity index (χ4v) is 5.70. The van der Waals surface area contributed by atoms with Gasteiger partial charge in [-0.15, -0.1) is 0 Å². The highest BCUT2D eigenvalue weighted by Gasteiger charge is 2.32. The molecule has 0 aliphatic carbocycles. The van der Waals surface area contributed by atoms with Crippen molar-refractivity contribution in [3.63, 3.8) is 0 Å². The number of nitrogens with one attached hydrogen (secondary N) is 1. The van der Waals surface area contributed by atoms with E-state index in [1.807, 2.05) is 89.8 Å². The van der Waals surface area contributed by atoms with E-state index in [1.54, 1.807) is 0 Å². The Morgan fingerprint density at radius 2 is 1.50 bits per heavy atom. The van der Waals surface area contributed by atoms with E-state index in [0.717, 1.165) is 36.3 Å². The lowest BCUT2D eigenvalue weighted by atomic mass is 9.99. The molecule has 1 atom stereocenters. The van der Waals surface area contributed by atoms with Crippen LogP contribution < -0.4 is 10.2 Å². The van der Waals surface area contributed by atoms with Gasteiger partial charge in [0.1, 0.15) is 0 Å². The number of para-hydroxylation sites is 1. The van der Waals surface area contributed by atoms with Crippen LogP contribution in [0.1, 0.15) is 45.5 Å². The van der Waals surface area contributed by atoms with Crippen molar-refractivity contribution in [1.82, 2.24) is 4.90 Å². The summed E-state index contributed by atoms with van der Waals surface area (Å²) in [5.74, 6) is -0.181. The van der Waals surface area contributed by atoms with E-state index in [0.29, 0.717) is 29.4 Å². The molecule has 0 aromatic heterocycles.